The van der Waals surface area contributed by atoms with Crippen LogP contribution in [-0.4, -0.2) is 43.3 Å². The second kappa shape index (κ2) is 7.20. The largest absolute Gasteiger partial charge is 0.379 e. The van der Waals surface area contributed by atoms with E-state index in [-0.39, 0.29) is 5.54 Å². The van der Waals surface area contributed by atoms with E-state index in [0.717, 1.165) is 32.8 Å². The zero-order chi connectivity index (χ0) is 14.6. The van der Waals surface area contributed by atoms with Gasteiger partial charge >= 0.3 is 0 Å². The van der Waals surface area contributed by atoms with Gasteiger partial charge in [-0.25, -0.2) is 0 Å². The smallest absolute Gasteiger partial charge is 0.0594 e. The van der Waals surface area contributed by atoms with E-state index in [9.17, 15) is 0 Å². The molecule has 0 aromatic heterocycles. The maximum atomic E-state index is 5.44. The number of benzene rings is 1. The molecule has 112 valence electrons. The summed E-state index contributed by atoms with van der Waals surface area (Å²) in [4.78, 5) is 2.52. The number of halogens is 1. The average molecular weight is 388 g/mol. The molecule has 1 aliphatic rings. The van der Waals surface area contributed by atoms with Crippen LogP contribution in [0.1, 0.15) is 32.4 Å². The molecular weight excluding hydrogens is 363 g/mol. The molecule has 20 heavy (non-hydrogen) atoms. The highest BCUT2D eigenvalue weighted by atomic mass is 127. The summed E-state index contributed by atoms with van der Waals surface area (Å²) in [5, 5.41) is 3.67. The minimum atomic E-state index is 0.168. The third-order valence-electron chi connectivity index (χ3n) is 4.08. The monoisotopic (exact) mass is 388 g/mol. The number of morpholine rings is 1. The van der Waals surface area contributed by atoms with E-state index in [1.54, 1.807) is 0 Å². The summed E-state index contributed by atoms with van der Waals surface area (Å²) in [6.07, 6.45) is 0. The van der Waals surface area contributed by atoms with Gasteiger partial charge in [-0.2, -0.15) is 0 Å². The van der Waals surface area contributed by atoms with Gasteiger partial charge in [0.2, 0.25) is 0 Å². The summed E-state index contributed by atoms with van der Waals surface area (Å²) < 4.78 is 6.72. The van der Waals surface area contributed by atoms with Gasteiger partial charge < -0.3 is 10.1 Å². The first-order valence-electron chi connectivity index (χ1n) is 7.31. The van der Waals surface area contributed by atoms with E-state index in [1.807, 2.05) is 0 Å². The van der Waals surface area contributed by atoms with Gasteiger partial charge in [0.25, 0.3) is 0 Å². The zero-order valence-corrected chi connectivity index (χ0v) is 14.8. The molecule has 0 bridgehead atoms. The molecule has 1 aromatic rings. The minimum Gasteiger partial charge on any atom is -0.379 e. The van der Waals surface area contributed by atoms with Crippen molar-refractivity contribution in [2.45, 2.75) is 32.4 Å². The van der Waals surface area contributed by atoms with Crippen LogP contribution in [0.2, 0.25) is 0 Å². The van der Waals surface area contributed by atoms with Crippen molar-refractivity contribution in [2.24, 2.45) is 0 Å². The van der Waals surface area contributed by atoms with Gasteiger partial charge in [-0.05, 0) is 61.1 Å². The van der Waals surface area contributed by atoms with Crippen LogP contribution in [0.25, 0.3) is 0 Å². The summed E-state index contributed by atoms with van der Waals surface area (Å²) >= 11 is 2.34. The highest BCUT2D eigenvalue weighted by molar-refractivity contribution is 14.1. The maximum Gasteiger partial charge on any atom is 0.0594 e. The Kier molecular flexibility index (Phi) is 5.84. The fraction of sp³-hybridized carbons (Fsp3) is 0.625. The van der Waals surface area contributed by atoms with Gasteiger partial charge in [0, 0.05) is 34.8 Å². The number of nitrogens with one attached hydrogen (secondary N) is 1. The van der Waals surface area contributed by atoms with Crippen molar-refractivity contribution in [3.8, 4) is 0 Å². The number of ether oxygens (including phenoxy) is 1. The van der Waals surface area contributed by atoms with Crippen molar-refractivity contribution >= 4 is 22.6 Å². The number of hydrogen-bond donors (Lipinski definition) is 1. The Balaban J connectivity index is 1.88. The molecule has 0 radical (unpaired) electrons. The third-order valence-corrected chi connectivity index (χ3v) is 4.80. The molecular formula is C16H25IN2O. The van der Waals surface area contributed by atoms with E-state index in [4.69, 9.17) is 4.74 Å². The van der Waals surface area contributed by atoms with Crippen molar-refractivity contribution in [3.63, 3.8) is 0 Å². The minimum absolute atomic E-state index is 0.168. The zero-order valence-electron chi connectivity index (χ0n) is 12.7. The van der Waals surface area contributed by atoms with Crippen LogP contribution in [0.5, 0.6) is 0 Å². The predicted molar refractivity (Wildman–Crippen MR) is 92.0 cm³/mol. The molecule has 1 atom stereocenters. The second-order valence-electron chi connectivity index (χ2n) is 6.07. The highest BCUT2D eigenvalue weighted by Crippen LogP contribution is 2.19. The fourth-order valence-electron chi connectivity index (χ4n) is 2.55. The van der Waals surface area contributed by atoms with Crippen molar-refractivity contribution in [1.29, 1.82) is 0 Å². The Bertz CT molecular complexity index is 413. The molecule has 0 amide bonds. The highest BCUT2D eigenvalue weighted by Gasteiger charge is 2.28. The Morgan fingerprint density at radius 2 is 1.85 bits per heavy atom. The first-order valence-corrected chi connectivity index (χ1v) is 8.38. The van der Waals surface area contributed by atoms with Crippen molar-refractivity contribution < 1.29 is 4.74 Å². The summed E-state index contributed by atoms with van der Waals surface area (Å²) in [6.45, 7) is 11.6. The molecule has 0 aliphatic carbocycles. The van der Waals surface area contributed by atoms with E-state index in [1.165, 1.54) is 9.13 Å². The quantitative estimate of drug-likeness (QED) is 0.785. The van der Waals surface area contributed by atoms with Crippen LogP contribution in [0.4, 0.5) is 0 Å². The van der Waals surface area contributed by atoms with Gasteiger partial charge in [-0.1, -0.05) is 12.1 Å². The molecule has 2 rings (SSSR count). The lowest BCUT2D eigenvalue weighted by Gasteiger charge is -2.41. The number of nitrogens with zero attached hydrogens (tertiary/aromatic N) is 1. The lowest BCUT2D eigenvalue weighted by atomic mass is 10.0. The van der Waals surface area contributed by atoms with E-state index in [0.29, 0.717) is 6.04 Å². The predicted octanol–water partition coefficient (Wildman–Crippen LogP) is 3.05. The third kappa shape index (κ3) is 4.41. The molecule has 1 unspecified atom stereocenters. The van der Waals surface area contributed by atoms with Gasteiger partial charge in [-0.3, -0.25) is 4.90 Å². The van der Waals surface area contributed by atoms with Crippen molar-refractivity contribution in [1.82, 2.24) is 10.2 Å². The molecule has 0 spiro atoms. The molecule has 4 heteroatoms. The van der Waals surface area contributed by atoms with E-state index >= 15 is 0 Å². The van der Waals surface area contributed by atoms with Crippen LogP contribution >= 0.6 is 22.6 Å². The summed E-state index contributed by atoms with van der Waals surface area (Å²) in [7, 11) is 0. The molecule has 1 aromatic carbocycles. The summed E-state index contributed by atoms with van der Waals surface area (Å²) in [5.74, 6) is 0. The molecule has 1 aliphatic heterocycles. The number of rotatable bonds is 5. The lowest BCUT2D eigenvalue weighted by molar-refractivity contribution is -0.0102. The topological polar surface area (TPSA) is 24.5 Å². The van der Waals surface area contributed by atoms with Crippen LogP contribution in [0.3, 0.4) is 0 Å². The normalized spacial score (nSPS) is 19.0. The first kappa shape index (κ1) is 16.2. The van der Waals surface area contributed by atoms with Gasteiger partial charge in [0.1, 0.15) is 0 Å². The van der Waals surface area contributed by atoms with Crippen LogP contribution in [0.15, 0.2) is 24.3 Å². The molecule has 1 fully saturated rings. The van der Waals surface area contributed by atoms with Gasteiger partial charge in [0.15, 0.2) is 0 Å². The molecule has 1 N–H and O–H groups in total. The number of hydrogen-bond acceptors (Lipinski definition) is 3. The Labute approximate surface area is 136 Å². The van der Waals surface area contributed by atoms with Crippen molar-refractivity contribution in [3.05, 3.63) is 33.4 Å². The maximum absolute atomic E-state index is 5.44. The standard InChI is InChI=1S/C16H25IN2O/c1-13(14-4-6-15(17)7-5-14)18-12-16(2,3)19-8-10-20-11-9-19/h4-7,13,18H,8-12H2,1-3H3. The Hall–Kier alpha value is -0.170. The molecule has 1 saturated heterocycles. The second-order valence-corrected chi connectivity index (χ2v) is 7.31. The fourth-order valence-corrected chi connectivity index (χ4v) is 2.91. The van der Waals surface area contributed by atoms with Crippen LogP contribution in [-0.2, 0) is 4.74 Å². The SMILES string of the molecule is CC(NCC(C)(C)N1CCOCC1)c1ccc(I)cc1. The van der Waals surface area contributed by atoms with E-state index < -0.39 is 0 Å². The molecule has 1 heterocycles. The molecule has 0 saturated carbocycles. The van der Waals surface area contributed by atoms with Crippen molar-refractivity contribution in [2.75, 3.05) is 32.8 Å². The van der Waals surface area contributed by atoms with Crippen LogP contribution < -0.4 is 5.32 Å². The summed E-state index contributed by atoms with van der Waals surface area (Å²) in [6, 6.07) is 9.14. The average Bonchev–Trinajstić information content (AvgIpc) is 2.46. The lowest BCUT2D eigenvalue weighted by Crippen LogP contribution is -2.54. The first-order chi connectivity index (χ1) is 9.49. The Morgan fingerprint density at radius 3 is 2.45 bits per heavy atom. The molecule has 3 nitrogen and oxygen atoms in total. The summed E-state index contributed by atoms with van der Waals surface area (Å²) in [5.41, 5.74) is 1.52. The van der Waals surface area contributed by atoms with E-state index in [2.05, 4.69) is 77.8 Å². The van der Waals surface area contributed by atoms with Gasteiger partial charge in [0.05, 0.1) is 13.2 Å². The Morgan fingerprint density at radius 1 is 1.25 bits per heavy atom. The van der Waals surface area contributed by atoms with Crippen LogP contribution in [0, 0.1) is 3.57 Å². The van der Waals surface area contributed by atoms with Gasteiger partial charge in [-0.15, -0.1) is 0 Å².